The molecule has 4 atom stereocenters. The maximum absolute atomic E-state index is 13.0. The van der Waals surface area contributed by atoms with Crippen LogP contribution < -0.4 is 5.56 Å². The molecular weight excluding hydrogens is 387 g/mol. The van der Waals surface area contributed by atoms with Crippen LogP contribution in [0.2, 0.25) is 0 Å². The van der Waals surface area contributed by atoms with Gasteiger partial charge in [-0.3, -0.25) is 14.5 Å². The molecular formula is C20H26F3N3O3. The van der Waals surface area contributed by atoms with Crippen LogP contribution in [0.4, 0.5) is 13.2 Å². The second-order valence-corrected chi connectivity index (χ2v) is 7.86. The summed E-state index contributed by atoms with van der Waals surface area (Å²) >= 11 is 0. The van der Waals surface area contributed by atoms with E-state index in [4.69, 9.17) is 0 Å². The number of carbonyl (C=O) groups excluding carboxylic acids is 1. The normalized spacial score (nSPS) is 26.7. The fourth-order valence-electron chi connectivity index (χ4n) is 4.69. The van der Waals surface area contributed by atoms with Gasteiger partial charge in [0, 0.05) is 56.9 Å². The highest BCUT2D eigenvalue weighted by molar-refractivity contribution is 5.82. The molecule has 0 unspecified atom stereocenters. The van der Waals surface area contributed by atoms with Crippen molar-refractivity contribution >= 4 is 12.0 Å². The first kappa shape index (κ1) is 21.6. The lowest BCUT2D eigenvalue weighted by Crippen LogP contribution is -2.48. The highest BCUT2D eigenvalue weighted by Crippen LogP contribution is 2.49. The van der Waals surface area contributed by atoms with Crippen LogP contribution in [-0.2, 0) is 11.3 Å². The molecule has 1 saturated heterocycles. The molecule has 1 fully saturated rings. The van der Waals surface area contributed by atoms with Crippen LogP contribution in [0.15, 0.2) is 23.0 Å². The van der Waals surface area contributed by atoms with Gasteiger partial charge in [-0.1, -0.05) is 12.2 Å². The third-order valence-electron chi connectivity index (χ3n) is 5.91. The molecule has 1 aromatic heterocycles. The molecule has 29 heavy (non-hydrogen) atoms. The Bertz CT molecular complexity index is 863. The number of aliphatic hydroxyl groups is 1. The molecule has 3 rings (SSSR count). The number of nitrogens with zero attached hydrogens (tertiary/aromatic N) is 3. The summed E-state index contributed by atoms with van der Waals surface area (Å²) in [6.45, 7) is 1.37. The maximum atomic E-state index is 13.0. The maximum Gasteiger partial charge on any atom is 0.390 e. The average Bonchev–Trinajstić information content (AvgIpc) is 3.15. The van der Waals surface area contributed by atoms with Gasteiger partial charge in [0.2, 0.25) is 5.91 Å². The van der Waals surface area contributed by atoms with Crippen LogP contribution in [-0.4, -0.2) is 64.8 Å². The van der Waals surface area contributed by atoms with E-state index < -0.39 is 30.6 Å². The topological polar surface area (TPSA) is 65.8 Å². The Hall–Kier alpha value is -2.13. The number of halogens is 3. The molecule has 1 amide bonds. The van der Waals surface area contributed by atoms with Crippen molar-refractivity contribution in [1.29, 1.82) is 0 Å². The van der Waals surface area contributed by atoms with Crippen molar-refractivity contribution in [2.45, 2.75) is 38.1 Å². The molecule has 160 valence electrons. The summed E-state index contributed by atoms with van der Waals surface area (Å²) in [6.07, 6.45) is -2.00. The molecule has 0 saturated carbocycles. The summed E-state index contributed by atoms with van der Waals surface area (Å²) in [6, 6.07) is 2.04. The summed E-state index contributed by atoms with van der Waals surface area (Å²) in [4.78, 5) is 28.5. The van der Waals surface area contributed by atoms with Gasteiger partial charge in [0.15, 0.2) is 0 Å². The van der Waals surface area contributed by atoms with Crippen molar-refractivity contribution in [3.63, 3.8) is 0 Å². The quantitative estimate of drug-likeness (QED) is 0.801. The fourth-order valence-corrected chi connectivity index (χ4v) is 4.69. The van der Waals surface area contributed by atoms with Gasteiger partial charge in [0.05, 0.1) is 18.5 Å². The monoisotopic (exact) mass is 413 g/mol. The largest absolute Gasteiger partial charge is 0.396 e. The van der Waals surface area contributed by atoms with Gasteiger partial charge >= 0.3 is 6.18 Å². The second-order valence-electron chi connectivity index (χ2n) is 7.86. The van der Waals surface area contributed by atoms with E-state index in [-0.39, 0.29) is 37.1 Å². The number of likely N-dealkylation sites (tertiary alicyclic amines) is 1. The van der Waals surface area contributed by atoms with E-state index in [1.54, 1.807) is 49.9 Å². The van der Waals surface area contributed by atoms with Crippen molar-refractivity contribution in [3.05, 3.63) is 39.8 Å². The van der Waals surface area contributed by atoms with Crippen LogP contribution in [0.3, 0.4) is 0 Å². The number of hydrogen-bond acceptors (Lipinski definition) is 4. The highest BCUT2D eigenvalue weighted by atomic mass is 19.4. The lowest BCUT2D eigenvalue weighted by molar-refractivity contribution is -0.146. The third-order valence-corrected chi connectivity index (χ3v) is 5.91. The van der Waals surface area contributed by atoms with Crippen LogP contribution in [0.25, 0.3) is 6.08 Å². The number of aromatic nitrogens is 1. The fraction of sp³-hybridized carbons (Fsp3) is 0.600. The van der Waals surface area contributed by atoms with Crippen molar-refractivity contribution in [1.82, 2.24) is 14.4 Å². The number of allylic oxidation sites excluding steroid dienone is 1. The lowest BCUT2D eigenvalue weighted by Gasteiger charge is -2.32. The predicted molar refractivity (Wildman–Crippen MR) is 102 cm³/mol. The number of rotatable bonds is 5. The highest BCUT2D eigenvalue weighted by Gasteiger charge is 2.56. The van der Waals surface area contributed by atoms with E-state index in [9.17, 15) is 27.9 Å². The van der Waals surface area contributed by atoms with E-state index >= 15 is 0 Å². The van der Waals surface area contributed by atoms with Gasteiger partial charge in [-0.2, -0.15) is 13.2 Å². The predicted octanol–water partition coefficient (Wildman–Crippen LogP) is 1.89. The minimum absolute atomic E-state index is 0.210. The van der Waals surface area contributed by atoms with Crippen molar-refractivity contribution < 1.29 is 23.1 Å². The summed E-state index contributed by atoms with van der Waals surface area (Å²) in [5.74, 6) is -1.19. The summed E-state index contributed by atoms with van der Waals surface area (Å²) < 4.78 is 40.5. The minimum atomic E-state index is -4.37. The first-order valence-corrected chi connectivity index (χ1v) is 9.61. The van der Waals surface area contributed by atoms with E-state index in [0.717, 1.165) is 0 Å². The van der Waals surface area contributed by atoms with E-state index in [2.05, 4.69) is 0 Å². The van der Waals surface area contributed by atoms with E-state index in [1.807, 2.05) is 0 Å². The van der Waals surface area contributed by atoms with Crippen LogP contribution in [0.1, 0.15) is 30.6 Å². The number of likely N-dealkylation sites (N-methyl/N-ethyl adjacent to an activating group) is 1. The molecule has 0 spiro atoms. The molecule has 0 radical (unpaired) electrons. The smallest absolute Gasteiger partial charge is 0.390 e. The van der Waals surface area contributed by atoms with Crippen LogP contribution in [0, 0.1) is 11.8 Å². The van der Waals surface area contributed by atoms with Crippen molar-refractivity contribution in [2.24, 2.45) is 11.8 Å². The Morgan fingerprint density at radius 1 is 1.34 bits per heavy atom. The molecule has 2 aliphatic heterocycles. The lowest BCUT2D eigenvalue weighted by atomic mass is 9.88. The summed E-state index contributed by atoms with van der Waals surface area (Å²) in [7, 11) is 3.10. The van der Waals surface area contributed by atoms with Crippen molar-refractivity contribution in [2.75, 3.05) is 27.2 Å². The van der Waals surface area contributed by atoms with Crippen LogP contribution in [0.5, 0.6) is 0 Å². The van der Waals surface area contributed by atoms with Crippen molar-refractivity contribution in [3.8, 4) is 0 Å². The molecule has 9 heteroatoms. The summed E-state index contributed by atoms with van der Waals surface area (Å²) in [5, 5.41) is 10.0. The number of amides is 1. The Balaban J connectivity index is 2.07. The molecule has 1 aromatic rings. The Morgan fingerprint density at radius 2 is 2.03 bits per heavy atom. The van der Waals surface area contributed by atoms with Crippen LogP contribution >= 0.6 is 0 Å². The minimum Gasteiger partial charge on any atom is -0.396 e. The Labute approximate surface area is 167 Å². The van der Waals surface area contributed by atoms with Gasteiger partial charge in [0.25, 0.3) is 5.56 Å². The number of hydrogen-bond donors (Lipinski definition) is 1. The first-order chi connectivity index (χ1) is 13.6. The third kappa shape index (κ3) is 3.85. The average molecular weight is 413 g/mol. The van der Waals surface area contributed by atoms with Gasteiger partial charge < -0.3 is 14.6 Å². The van der Waals surface area contributed by atoms with E-state index in [1.165, 1.54) is 9.80 Å². The SMILES string of the molecule is C/C=C\c1ccc2n(c1=O)C[C@H]1[C@H](CO)[C@@H](C(=O)N(C)C)N(CCC(F)(F)F)[C@@H]21. The first-order valence-electron chi connectivity index (χ1n) is 9.61. The number of aliphatic hydroxyl groups excluding tert-OH is 1. The Kier molecular flexibility index (Phi) is 5.91. The van der Waals surface area contributed by atoms with Gasteiger partial charge in [-0.25, -0.2) is 0 Å². The molecule has 0 aromatic carbocycles. The molecule has 2 aliphatic rings. The van der Waals surface area contributed by atoms with E-state index in [0.29, 0.717) is 11.3 Å². The molecule has 0 aliphatic carbocycles. The molecule has 1 N–H and O–H groups in total. The zero-order chi connectivity index (χ0) is 21.5. The standard InChI is InChI=1S/C20H26F3N3O3/c1-4-5-12-6-7-15-16-13(10-26(15)18(12)28)14(11-27)17(19(29)24(2)3)25(16)9-8-20(21,22)23/h4-7,13-14,16-17,27H,8-11H2,1-3H3/b5-4-/t13-,14-,16+,17-/m0/s1. The molecule has 0 bridgehead atoms. The number of fused-ring (bicyclic) bond motifs is 3. The van der Waals surface area contributed by atoms with Gasteiger partial charge in [-0.05, 0) is 19.1 Å². The Morgan fingerprint density at radius 3 is 2.59 bits per heavy atom. The second kappa shape index (κ2) is 7.95. The number of carbonyl (C=O) groups is 1. The zero-order valence-electron chi connectivity index (χ0n) is 16.7. The zero-order valence-corrected chi connectivity index (χ0v) is 16.7. The molecule has 6 nitrogen and oxygen atoms in total. The number of pyridine rings is 1. The summed E-state index contributed by atoms with van der Waals surface area (Å²) in [5.41, 5.74) is 0.889. The van der Waals surface area contributed by atoms with Gasteiger partial charge in [-0.15, -0.1) is 0 Å². The number of alkyl halides is 3. The molecule has 3 heterocycles. The van der Waals surface area contributed by atoms with Gasteiger partial charge in [0.1, 0.15) is 0 Å².